The van der Waals surface area contributed by atoms with Crippen molar-refractivity contribution in [2.45, 2.75) is 6.92 Å². The van der Waals surface area contributed by atoms with E-state index in [2.05, 4.69) is 39.7 Å². The van der Waals surface area contributed by atoms with Crippen LogP contribution in [0.15, 0.2) is 47.2 Å². The van der Waals surface area contributed by atoms with Gasteiger partial charge < -0.3 is 15.4 Å². The fourth-order valence-corrected chi connectivity index (χ4v) is 2.01. The Morgan fingerprint density at radius 1 is 1.48 bits per heavy atom. The van der Waals surface area contributed by atoms with Gasteiger partial charge in [-0.1, -0.05) is 28.9 Å². The number of nitrogens with one attached hydrogen (secondary N) is 2. The maximum atomic E-state index is 8.15. The number of azide groups is 1. The maximum absolute atomic E-state index is 8.15. The molecule has 110 valence electrons. The summed E-state index contributed by atoms with van der Waals surface area (Å²) in [5, 5.41) is 9.61. The van der Waals surface area contributed by atoms with E-state index < -0.39 is 0 Å². The zero-order valence-corrected chi connectivity index (χ0v) is 12.0. The lowest BCUT2D eigenvalue weighted by Crippen LogP contribution is -2.20. The van der Waals surface area contributed by atoms with Gasteiger partial charge in [0, 0.05) is 24.2 Å². The molecule has 0 radical (unpaired) electrons. The smallest absolute Gasteiger partial charge is 0.119 e. The van der Waals surface area contributed by atoms with Crippen LogP contribution in [0.3, 0.4) is 0 Å². The van der Waals surface area contributed by atoms with Gasteiger partial charge in [-0.15, -0.1) is 0 Å². The van der Waals surface area contributed by atoms with Crippen LogP contribution in [0.5, 0.6) is 5.75 Å². The molecule has 0 fully saturated rings. The van der Waals surface area contributed by atoms with Crippen molar-refractivity contribution in [2.75, 3.05) is 26.4 Å². The van der Waals surface area contributed by atoms with E-state index >= 15 is 0 Å². The Morgan fingerprint density at radius 2 is 2.38 bits per heavy atom. The molecule has 0 unspecified atom stereocenters. The lowest BCUT2D eigenvalue weighted by Gasteiger charge is -2.14. The number of ether oxygens (including phenoxy) is 1. The van der Waals surface area contributed by atoms with Crippen LogP contribution >= 0.6 is 0 Å². The van der Waals surface area contributed by atoms with Crippen molar-refractivity contribution < 1.29 is 4.74 Å². The molecule has 6 nitrogen and oxygen atoms in total. The summed E-state index contributed by atoms with van der Waals surface area (Å²) >= 11 is 0. The van der Waals surface area contributed by atoms with Gasteiger partial charge in [0.2, 0.25) is 0 Å². The standard InChI is InChI=1S/C15H19N5O/c1-12-7-14(10-18-9-12)13-3-2-4-15(8-13)21-6-5-17-11-19-20-16/h2-4,7-8,10,17-18H,5-6,9,11H2,1H3. The Labute approximate surface area is 124 Å². The van der Waals surface area contributed by atoms with E-state index in [9.17, 15) is 0 Å². The van der Waals surface area contributed by atoms with Gasteiger partial charge >= 0.3 is 0 Å². The highest BCUT2D eigenvalue weighted by molar-refractivity contribution is 5.76. The Bertz CT molecular complexity index is 587. The second kappa shape index (κ2) is 7.99. The van der Waals surface area contributed by atoms with Gasteiger partial charge in [-0.2, -0.15) is 0 Å². The SMILES string of the molecule is CC1=CC(c2cccc(OCCNCN=[N+]=[N-])c2)=CNC1. The summed E-state index contributed by atoms with van der Waals surface area (Å²) in [7, 11) is 0. The lowest BCUT2D eigenvalue weighted by atomic mass is 10.0. The molecule has 1 aromatic carbocycles. The fourth-order valence-electron chi connectivity index (χ4n) is 2.01. The van der Waals surface area contributed by atoms with E-state index in [0.29, 0.717) is 13.2 Å². The van der Waals surface area contributed by atoms with Crippen LogP contribution in [-0.2, 0) is 0 Å². The normalized spacial score (nSPS) is 13.6. The van der Waals surface area contributed by atoms with Gasteiger partial charge in [0.15, 0.2) is 0 Å². The number of benzene rings is 1. The minimum atomic E-state index is 0.280. The molecule has 0 amide bonds. The molecular formula is C15H19N5O. The monoisotopic (exact) mass is 285 g/mol. The molecule has 0 saturated carbocycles. The number of hydrogen-bond acceptors (Lipinski definition) is 4. The molecule has 2 N–H and O–H groups in total. The van der Waals surface area contributed by atoms with Crippen molar-refractivity contribution >= 4 is 5.57 Å². The largest absolute Gasteiger partial charge is 0.492 e. The molecule has 0 bridgehead atoms. The summed E-state index contributed by atoms with van der Waals surface area (Å²) in [6.07, 6.45) is 4.20. The summed E-state index contributed by atoms with van der Waals surface area (Å²) in [5.74, 6) is 0.829. The third kappa shape index (κ3) is 4.87. The number of hydrogen-bond donors (Lipinski definition) is 2. The Balaban J connectivity index is 1.89. The van der Waals surface area contributed by atoms with Crippen molar-refractivity contribution in [2.24, 2.45) is 5.11 Å². The van der Waals surface area contributed by atoms with Crippen molar-refractivity contribution in [3.8, 4) is 5.75 Å². The van der Waals surface area contributed by atoms with Crippen LogP contribution in [-0.4, -0.2) is 26.4 Å². The zero-order chi connectivity index (χ0) is 14.9. The molecule has 21 heavy (non-hydrogen) atoms. The first-order valence-electron chi connectivity index (χ1n) is 6.85. The van der Waals surface area contributed by atoms with Crippen LogP contribution in [0, 0.1) is 0 Å². The molecule has 6 heteroatoms. The first kappa shape index (κ1) is 15.0. The van der Waals surface area contributed by atoms with Crippen molar-refractivity contribution in [1.29, 1.82) is 0 Å². The van der Waals surface area contributed by atoms with Crippen molar-refractivity contribution in [3.63, 3.8) is 0 Å². The highest BCUT2D eigenvalue weighted by Gasteiger charge is 2.05. The Morgan fingerprint density at radius 3 is 3.19 bits per heavy atom. The molecule has 0 spiro atoms. The Kier molecular flexibility index (Phi) is 5.70. The molecule has 1 aliphatic rings. The summed E-state index contributed by atoms with van der Waals surface area (Å²) in [4.78, 5) is 2.67. The van der Waals surface area contributed by atoms with Gasteiger partial charge in [-0.25, -0.2) is 0 Å². The number of allylic oxidation sites excluding steroid dienone is 2. The van der Waals surface area contributed by atoms with Crippen LogP contribution < -0.4 is 15.4 Å². The second-order valence-corrected chi connectivity index (χ2v) is 4.74. The van der Waals surface area contributed by atoms with Gasteiger partial charge in [-0.05, 0) is 35.7 Å². The molecule has 1 aliphatic heterocycles. The van der Waals surface area contributed by atoms with E-state index in [1.165, 1.54) is 5.57 Å². The average molecular weight is 285 g/mol. The van der Waals surface area contributed by atoms with Gasteiger partial charge in [0.05, 0.1) is 6.67 Å². The molecular weight excluding hydrogens is 266 g/mol. The molecule has 0 aromatic heterocycles. The quantitative estimate of drug-likeness (QED) is 0.350. The second-order valence-electron chi connectivity index (χ2n) is 4.74. The van der Waals surface area contributed by atoms with E-state index in [1.807, 2.05) is 24.4 Å². The van der Waals surface area contributed by atoms with Crippen LogP contribution in [0.2, 0.25) is 0 Å². The highest BCUT2D eigenvalue weighted by atomic mass is 16.5. The zero-order valence-electron chi connectivity index (χ0n) is 12.0. The summed E-state index contributed by atoms with van der Waals surface area (Å²) < 4.78 is 5.68. The number of dihydropyridines is 1. The molecule has 0 atom stereocenters. The third-order valence-electron chi connectivity index (χ3n) is 3.00. The molecule has 1 heterocycles. The topological polar surface area (TPSA) is 82.0 Å². The number of rotatable bonds is 7. The molecule has 0 aliphatic carbocycles. The first-order chi connectivity index (χ1) is 10.3. The van der Waals surface area contributed by atoms with E-state index in [1.54, 1.807) is 0 Å². The minimum Gasteiger partial charge on any atom is -0.492 e. The minimum absolute atomic E-state index is 0.280. The summed E-state index contributed by atoms with van der Waals surface area (Å²) in [6.45, 7) is 4.44. The van der Waals surface area contributed by atoms with Gasteiger partial charge in [0.25, 0.3) is 0 Å². The third-order valence-corrected chi connectivity index (χ3v) is 3.00. The predicted molar refractivity (Wildman–Crippen MR) is 83.7 cm³/mol. The van der Waals surface area contributed by atoms with Crippen LogP contribution in [0.4, 0.5) is 0 Å². The summed E-state index contributed by atoms with van der Waals surface area (Å²) in [6, 6.07) is 8.01. The fraction of sp³-hybridized carbons (Fsp3) is 0.333. The maximum Gasteiger partial charge on any atom is 0.119 e. The molecule has 2 rings (SSSR count). The van der Waals surface area contributed by atoms with Crippen molar-refractivity contribution in [3.05, 3.63) is 58.1 Å². The summed E-state index contributed by atoms with van der Waals surface area (Å²) in [5.41, 5.74) is 11.7. The highest BCUT2D eigenvalue weighted by Crippen LogP contribution is 2.23. The van der Waals surface area contributed by atoms with Crippen LogP contribution in [0.1, 0.15) is 12.5 Å². The van der Waals surface area contributed by atoms with Crippen LogP contribution in [0.25, 0.3) is 16.0 Å². The van der Waals surface area contributed by atoms with E-state index in [4.69, 9.17) is 10.3 Å². The van der Waals surface area contributed by atoms with Gasteiger partial charge in [0.1, 0.15) is 12.4 Å². The van der Waals surface area contributed by atoms with E-state index in [0.717, 1.165) is 23.4 Å². The Hall–Kier alpha value is -2.43. The molecule has 0 saturated heterocycles. The van der Waals surface area contributed by atoms with E-state index in [-0.39, 0.29) is 6.67 Å². The average Bonchev–Trinajstić information content (AvgIpc) is 2.51. The predicted octanol–water partition coefficient (Wildman–Crippen LogP) is 2.81. The lowest BCUT2D eigenvalue weighted by molar-refractivity contribution is 0.315. The first-order valence-corrected chi connectivity index (χ1v) is 6.85. The number of nitrogens with zero attached hydrogens (tertiary/aromatic N) is 3. The van der Waals surface area contributed by atoms with Gasteiger partial charge in [-0.3, -0.25) is 0 Å². The van der Waals surface area contributed by atoms with Crippen molar-refractivity contribution in [1.82, 2.24) is 10.6 Å². The molecule has 1 aromatic rings.